The monoisotopic (exact) mass is 632 g/mol. The average molecular weight is 633 g/mol. The van der Waals surface area contributed by atoms with Crippen LogP contribution in [0.4, 0.5) is 8.78 Å². The third-order valence-corrected chi connectivity index (χ3v) is 7.46. The van der Waals surface area contributed by atoms with Gasteiger partial charge in [-0.2, -0.15) is 0 Å². The second-order valence-electron chi connectivity index (χ2n) is 12.2. The van der Waals surface area contributed by atoms with Gasteiger partial charge in [0.1, 0.15) is 11.5 Å². The van der Waals surface area contributed by atoms with Gasteiger partial charge in [0.25, 0.3) is 5.92 Å². The summed E-state index contributed by atoms with van der Waals surface area (Å²) in [5, 5.41) is 11.5. The minimum Gasteiger partial charge on any atom is -0.493 e. The molecule has 0 spiro atoms. The molecule has 1 heterocycles. The molecule has 1 aliphatic rings. The zero-order valence-corrected chi connectivity index (χ0v) is 28.0. The number of rotatable bonds is 19. The molecule has 0 bridgehead atoms. The molecular weight excluding hydrogens is 578 g/mol. The van der Waals surface area contributed by atoms with Crippen LogP contribution in [0.2, 0.25) is 0 Å². The van der Waals surface area contributed by atoms with Crippen molar-refractivity contribution in [2.24, 2.45) is 5.73 Å². The van der Waals surface area contributed by atoms with E-state index in [0.29, 0.717) is 12.4 Å². The summed E-state index contributed by atoms with van der Waals surface area (Å²) in [5.41, 5.74) is 12.0. The fourth-order valence-electron chi connectivity index (χ4n) is 5.06. The summed E-state index contributed by atoms with van der Waals surface area (Å²) < 4.78 is 44.8. The van der Waals surface area contributed by atoms with Crippen LogP contribution in [0.15, 0.2) is 59.4 Å². The summed E-state index contributed by atoms with van der Waals surface area (Å²) in [6.07, 6.45) is 13.1. The van der Waals surface area contributed by atoms with E-state index in [1.54, 1.807) is 6.07 Å². The number of nitrogens with one attached hydrogen (secondary N) is 1. The lowest BCUT2D eigenvalue weighted by Crippen LogP contribution is -2.39. The molecule has 45 heavy (non-hydrogen) atoms. The Labute approximate surface area is 268 Å². The van der Waals surface area contributed by atoms with E-state index in [2.05, 4.69) is 58.2 Å². The van der Waals surface area contributed by atoms with E-state index in [0.717, 1.165) is 61.8 Å². The number of ether oxygens (including phenoxy) is 3. The Morgan fingerprint density at radius 2 is 1.80 bits per heavy atom. The van der Waals surface area contributed by atoms with Gasteiger partial charge in [-0.15, -0.1) is 0 Å². The van der Waals surface area contributed by atoms with Crippen LogP contribution in [0.25, 0.3) is 0 Å². The van der Waals surface area contributed by atoms with Gasteiger partial charge in [-0.25, -0.2) is 8.78 Å². The van der Waals surface area contributed by atoms with Crippen LogP contribution in [0.1, 0.15) is 97.1 Å². The molecule has 1 fully saturated rings. The summed E-state index contributed by atoms with van der Waals surface area (Å²) in [5.74, 6) is -2.43. The average Bonchev–Trinajstić information content (AvgIpc) is 3.25. The van der Waals surface area contributed by atoms with E-state index < -0.39 is 43.3 Å². The van der Waals surface area contributed by atoms with Gasteiger partial charge < -0.3 is 30.4 Å². The van der Waals surface area contributed by atoms with Crippen molar-refractivity contribution in [2.45, 2.75) is 124 Å². The van der Waals surface area contributed by atoms with Crippen LogP contribution in [-0.2, 0) is 16.0 Å². The number of aliphatic hydroxyl groups is 1. The Hall–Kier alpha value is -3.01. The highest BCUT2D eigenvalue weighted by molar-refractivity contribution is 5.73. The third kappa shape index (κ3) is 14.3. The molecule has 7 nitrogen and oxygen atoms in total. The molecule has 1 aliphatic heterocycles. The first kappa shape index (κ1) is 38.2. The first-order valence-corrected chi connectivity index (χ1v) is 16.1. The SMILES string of the molecule is CCCc1cc(OC(=O)CC(N)/C=C\NC2OC(CO)CC2(F)F)cc(C)c1OCC/C=C(\C)CC/C=C(\C)CCC=C(C)C. The van der Waals surface area contributed by atoms with Crippen molar-refractivity contribution < 1.29 is 32.9 Å². The van der Waals surface area contributed by atoms with E-state index in [9.17, 15) is 13.6 Å². The maximum absolute atomic E-state index is 13.9. The van der Waals surface area contributed by atoms with Crippen molar-refractivity contribution in [3.05, 3.63) is 70.5 Å². The normalized spacial score (nSPS) is 19.1. The molecule has 1 saturated heterocycles. The number of nitrogens with two attached hydrogens (primary N) is 1. The van der Waals surface area contributed by atoms with Gasteiger partial charge in [0.2, 0.25) is 0 Å². The molecule has 0 amide bonds. The summed E-state index contributed by atoms with van der Waals surface area (Å²) in [6, 6.07) is 2.85. The number of alkyl halides is 2. The van der Waals surface area contributed by atoms with E-state index in [-0.39, 0.29) is 6.42 Å². The highest BCUT2D eigenvalue weighted by Crippen LogP contribution is 2.34. The number of hydrogen-bond acceptors (Lipinski definition) is 7. The zero-order chi connectivity index (χ0) is 33.4. The quantitative estimate of drug-likeness (QED) is 0.0625. The van der Waals surface area contributed by atoms with Gasteiger partial charge in [-0.05, 0) is 103 Å². The number of hydrogen-bond donors (Lipinski definition) is 3. The Balaban J connectivity index is 1.85. The molecule has 1 aromatic carbocycles. The summed E-state index contributed by atoms with van der Waals surface area (Å²) >= 11 is 0. The van der Waals surface area contributed by atoms with Crippen LogP contribution in [0.5, 0.6) is 11.5 Å². The minimum atomic E-state index is -3.12. The number of allylic oxidation sites excluding steroid dienone is 5. The molecule has 0 radical (unpaired) electrons. The highest BCUT2D eigenvalue weighted by atomic mass is 19.3. The summed E-state index contributed by atoms with van der Waals surface area (Å²) in [4.78, 5) is 12.6. The fraction of sp³-hybridized carbons (Fsp3) is 0.583. The number of aliphatic hydroxyl groups excluding tert-OH is 1. The van der Waals surface area contributed by atoms with Crippen LogP contribution in [-0.4, -0.2) is 48.6 Å². The minimum absolute atomic E-state index is 0.142. The lowest BCUT2D eigenvalue weighted by Gasteiger charge is -2.18. The standard InChI is InChI=1S/C36H54F2N2O5/c1-7-11-29-21-31(44-33(42)22-30(39)17-18-40-35-36(37,38)23-32(24-41)45-35)20-28(6)34(29)43-19-10-16-27(5)15-9-14-26(4)13-8-12-25(2)3/h12,14,16-18,20-21,30,32,35,40-41H,7-11,13,15,19,22-24,39H2,1-6H3/b18-17-,26-14+,27-16+. The van der Waals surface area contributed by atoms with Gasteiger partial charge >= 0.3 is 5.97 Å². The topological polar surface area (TPSA) is 103 Å². The van der Waals surface area contributed by atoms with Crippen molar-refractivity contribution in [2.75, 3.05) is 13.2 Å². The van der Waals surface area contributed by atoms with E-state index in [4.69, 9.17) is 25.1 Å². The van der Waals surface area contributed by atoms with Gasteiger partial charge in [0, 0.05) is 12.5 Å². The Bertz CT molecular complexity index is 1200. The number of halogens is 2. The largest absolute Gasteiger partial charge is 0.493 e. The molecule has 252 valence electrons. The predicted octanol–water partition coefficient (Wildman–Crippen LogP) is 7.60. The molecule has 0 saturated carbocycles. The molecule has 3 atom stereocenters. The van der Waals surface area contributed by atoms with E-state index in [1.165, 1.54) is 29.0 Å². The molecule has 0 aliphatic carbocycles. The summed E-state index contributed by atoms with van der Waals surface area (Å²) in [7, 11) is 0. The maximum Gasteiger partial charge on any atom is 0.313 e. The Morgan fingerprint density at radius 1 is 1.13 bits per heavy atom. The van der Waals surface area contributed by atoms with Crippen LogP contribution >= 0.6 is 0 Å². The van der Waals surface area contributed by atoms with Crippen molar-refractivity contribution in [3.63, 3.8) is 0 Å². The van der Waals surface area contributed by atoms with Gasteiger partial charge in [-0.3, -0.25) is 4.79 Å². The molecule has 3 unspecified atom stereocenters. The van der Waals surface area contributed by atoms with Crippen molar-refractivity contribution >= 4 is 5.97 Å². The fourth-order valence-corrected chi connectivity index (χ4v) is 5.06. The number of carbonyl (C=O) groups is 1. The van der Waals surface area contributed by atoms with Crippen LogP contribution < -0.4 is 20.5 Å². The molecular formula is C36H54F2N2O5. The molecule has 2 rings (SSSR count). The van der Waals surface area contributed by atoms with E-state index in [1.807, 2.05) is 13.0 Å². The van der Waals surface area contributed by atoms with Gasteiger partial charge in [0.05, 0.1) is 25.7 Å². The first-order chi connectivity index (χ1) is 21.3. The van der Waals surface area contributed by atoms with E-state index >= 15 is 0 Å². The molecule has 0 aromatic heterocycles. The van der Waals surface area contributed by atoms with Gasteiger partial charge in [0.15, 0.2) is 6.23 Å². The molecule has 4 N–H and O–H groups in total. The highest BCUT2D eigenvalue weighted by Gasteiger charge is 2.49. The smallest absolute Gasteiger partial charge is 0.313 e. The second-order valence-corrected chi connectivity index (χ2v) is 12.2. The number of benzene rings is 1. The summed E-state index contributed by atoms with van der Waals surface area (Å²) in [6.45, 7) is 12.7. The molecule has 1 aromatic rings. The first-order valence-electron chi connectivity index (χ1n) is 16.1. The van der Waals surface area contributed by atoms with Crippen molar-refractivity contribution in [1.29, 1.82) is 0 Å². The maximum atomic E-state index is 13.9. The molecule has 9 heteroatoms. The van der Waals surface area contributed by atoms with Crippen molar-refractivity contribution in [1.82, 2.24) is 5.32 Å². The number of carbonyl (C=O) groups excluding carboxylic acids is 1. The lowest BCUT2D eigenvalue weighted by atomic mass is 10.0. The Morgan fingerprint density at radius 3 is 2.42 bits per heavy atom. The number of esters is 1. The van der Waals surface area contributed by atoms with Crippen molar-refractivity contribution in [3.8, 4) is 11.5 Å². The van der Waals surface area contributed by atoms with Gasteiger partial charge in [-0.1, -0.05) is 54.4 Å². The predicted molar refractivity (Wildman–Crippen MR) is 177 cm³/mol. The van der Waals surface area contributed by atoms with Crippen LogP contribution in [0.3, 0.4) is 0 Å². The number of aryl methyl sites for hydroxylation is 2. The van der Waals surface area contributed by atoms with Crippen LogP contribution in [0, 0.1) is 6.92 Å². The lowest BCUT2D eigenvalue weighted by molar-refractivity contribution is -0.134. The zero-order valence-electron chi connectivity index (χ0n) is 28.0. The second kappa shape index (κ2) is 19.5. The third-order valence-electron chi connectivity index (χ3n) is 7.46. The Kier molecular flexibility index (Phi) is 16.5.